The van der Waals surface area contributed by atoms with Crippen molar-refractivity contribution in [3.05, 3.63) is 81.4 Å². The quantitative estimate of drug-likeness (QED) is 0.415. The van der Waals surface area contributed by atoms with Crippen LogP contribution in [-0.2, 0) is 16.6 Å². The minimum Gasteiger partial charge on any atom is -0.463 e. The average molecular weight is 404 g/mol. The molecule has 2 aromatic rings. The van der Waals surface area contributed by atoms with Crippen molar-refractivity contribution in [2.75, 3.05) is 11.9 Å². The van der Waals surface area contributed by atoms with Gasteiger partial charge in [0.1, 0.15) is 5.75 Å². The molecule has 0 fully saturated rings. The number of anilines is 1. The summed E-state index contributed by atoms with van der Waals surface area (Å²) in [6, 6.07) is 10.7. The molecule has 2 aliphatic heterocycles. The van der Waals surface area contributed by atoms with Gasteiger partial charge in [-0.1, -0.05) is 18.7 Å². The molecule has 6 heteroatoms. The molecular formula is C24H24N2O4. The van der Waals surface area contributed by atoms with Gasteiger partial charge in [0.2, 0.25) is 5.72 Å². The van der Waals surface area contributed by atoms with E-state index < -0.39 is 16.1 Å². The number of carbonyl (C=O) groups is 1. The van der Waals surface area contributed by atoms with Gasteiger partial charge < -0.3 is 9.64 Å². The Morgan fingerprint density at radius 1 is 1.23 bits per heavy atom. The third kappa shape index (κ3) is 2.75. The monoisotopic (exact) mass is 404 g/mol. The molecule has 0 amide bonds. The zero-order valence-corrected chi connectivity index (χ0v) is 17.6. The standard InChI is InChI=1S/C24H24N2O4/c1-15(2)21(27)13-16-6-8-20-19(12-16)23(3,4)24(25(20)5)11-10-17-14-18(26(28)29)7-9-22(17)30-24/h6-12,14H,1,13H2,2-5H3. The van der Waals surface area contributed by atoms with Crippen molar-refractivity contribution in [3.8, 4) is 5.75 Å². The van der Waals surface area contributed by atoms with Crippen LogP contribution < -0.4 is 9.64 Å². The second-order valence-corrected chi connectivity index (χ2v) is 8.53. The van der Waals surface area contributed by atoms with Crippen LogP contribution in [0.3, 0.4) is 0 Å². The molecule has 0 saturated heterocycles. The minimum absolute atomic E-state index is 0.0261. The predicted molar refractivity (Wildman–Crippen MR) is 117 cm³/mol. The number of allylic oxidation sites excluding steroid dienone is 1. The van der Waals surface area contributed by atoms with Crippen molar-refractivity contribution < 1.29 is 14.5 Å². The zero-order valence-electron chi connectivity index (χ0n) is 17.6. The number of fused-ring (bicyclic) bond motifs is 2. The number of nitro groups is 1. The van der Waals surface area contributed by atoms with E-state index in [0.29, 0.717) is 23.3 Å². The van der Waals surface area contributed by atoms with E-state index in [4.69, 9.17) is 4.74 Å². The number of rotatable bonds is 4. The molecule has 1 spiro atoms. The number of non-ortho nitro benzene ring substituents is 1. The number of hydrogen-bond donors (Lipinski definition) is 0. The van der Waals surface area contributed by atoms with E-state index in [1.54, 1.807) is 13.0 Å². The number of likely N-dealkylation sites (N-methyl/N-ethyl adjacent to an activating group) is 1. The summed E-state index contributed by atoms with van der Waals surface area (Å²) in [7, 11) is 1.98. The number of ether oxygens (including phenoxy) is 1. The van der Waals surface area contributed by atoms with Crippen LogP contribution in [0.5, 0.6) is 5.75 Å². The molecule has 0 N–H and O–H groups in total. The number of nitro benzene ring substituents is 1. The van der Waals surface area contributed by atoms with Crippen LogP contribution in [0.25, 0.3) is 6.08 Å². The van der Waals surface area contributed by atoms with E-state index in [1.165, 1.54) is 12.1 Å². The Labute approximate surface area is 175 Å². The molecule has 0 aromatic heterocycles. The van der Waals surface area contributed by atoms with Crippen molar-refractivity contribution in [1.29, 1.82) is 0 Å². The number of nitrogens with zero attached hydrogens (tertiary/aromatic N) is 2. The smallest absolute Gasteiger partial charge is 0.270 e. The van der Waals surface area contributed by atoms with Crippen LogP contribution in [0.15, 0.2) is 54.6 Å². The van der Waals surface area contributed by atoms with E-state index in [0.717, 1.165) is 16.8 Å². The van der Waals surface area contributed by atoms with Gasteiger partial charge in [0, 0.05) is 36.9 Å². The number of carbonyl (C=O) groups excluding carboxylic acids is 1. The highest BCUT2D eigenvalue weighted by atomic mass is 16.6. The van der Waals surface area contributed by atoms with Crippen molar-refractivity contribution in [3.63, 3.8) is 0 Å². The Hall–Kier alpha value is -3.41. The first-order chi connectivity index (χ1) is 14.1. The van der Waals surface area contributed by atoms with Gasteiger partial charge in [-0.15, -0.1) is 0 Å². The first-order valence-electron chi connectivity index (χ1n) is 9.79. The Morgan fingerprint density at radius 2 is 1.97 bits per heavy atom. The van der Waals surface area contributed by atoms with Gasteiger partial charge in [0.15, 0.2) is 5.78 Å². The van der Waals surface area contributed by atoms with E-state index in [-0.39, 0.29) is 11.5 Å². The minimum atomic E-state index is -0.782. The third-order valence-corrected chi connectivity index (χ3v) is 6.29. The average Bonchev–Trinajstić information content (AvgIpc) is 2.86. The van der Waals surface area contributed by atoms with Gasteiger partial charge in [-0.25, -0.2) is 0 Å². The molecule has 2 aromatic carbocycles. The van der Waals surface area contributed by atoms with E-state index in [9.17, 15) is 14.9 Å². The lowest BCUT2D eigenvalue weighted by molar-refractivity contribution is -0.384. The van der Waals surface area contributed by atoms with Crippen molar-refractivity contribution in [1.82, 2.24) is 0 Å². The molecule has 1 atom stereocenters. The Morgan fingerprint density at radius 3 is 2.63 bits per heavy atom. The summed E-state index contributed by atoms with van der Waals surface area (Å²) in [5.41, 5.74) is 3.11. The molecule has 2 heterocycles. The summed E-state index contributed by atoms with van der Waals surface area (Å²) in [5.74, 6) is 0.631. The number of benzene rings is 2. The molecular weight excluding hydrogens is 380 g/mol. The van der Waals surface area contributed by atoms with E-state index in [2.05, 4.69) is 31.4 Å². The van der Waals surface area contributed by atoms with Crippen molar-refractivity contribution >= 4 is 23.2 Å². The zero-order chi connectivity index (χ0) is 21.8. The van der Waals surface area contributed by atoms with Gasteiger partial charge in [0.25, 0.3) is 5.69 Å². The molecule has 30 heavy (non-hydrogen) atoms. The lowest BCUT2D eigenvalue weighted by Gasteiger charge is -2.45. The van der Waals surface area contributed by atoms with Crippen LogP contribution in [-0.4, -0.2) is 23.5 Å². The SMILES string of the molecule is C=C(C)C(=O)Cc1ccc2c(c1)C(C)(C)C1(C=Cc3cc([N+](=O)[O-])ccc3O1)N2C. The second-order valence-electron chi connectivity index (χ2n) is 8.53. The summed E-state index contributed by atoms with van der Waals surface area (Å²) in [6.07, 6.45) is 4.18. The maximum Gasteiger partial charge on any atom is 0.270 e. The van der Waals surface area contributed by atoms with Crippen LogP contribution in [0.4, 0.5) is 11.4 Å². The molecule has 2 aliphatic rings. The highest BCUT2D eigenvalue weighted by molar-refractivity contribution is 5.95. The summed E-state index contributed by atoms with van der Waals surface area (Å²) in [4.78, 5) is 24.9. The summed E-state index contributed by atoms with van der Waals surface area (Å²) < 4.78 is 6.52. The Bertz CT molecular complexity index is 1130. The van der Waals surface area contributed by atoms with Crippen molar-refractivity contribution in [2.45, 2.75) is 38.3 Å². The maximum absolute atomic E-state index is 12.2. The fourth-order valence-electron chi connectivity index (χ4n) is 4.41. The third-order valence-electron chi connectivity index (χ3n) is 6.29. The van der Waals surface area contributed by atoms with Gasteiger partial charge in [0.05, 0.1) is 10.3 Å². The summed E-state index contributed by atoms with van der Waals surface area (Å²) in [5, 5.41) is 11.1. The predicted octanol–water partition coefficient (Wildman–Crippen LogP) is 4.81. The Kier molecular flexibility index (Phi) is 4.34. The number of hydrogen-bond acceptors (Lipinski definition) is 5. The van der Waals surface area contributed by atoms with Gasteiger partial charge >= 0.3 is 0 Å². The maximum atomic E-state index is 12.2. The first kappa shape index (κ1) is 19.9. The molecule has 4 rings (SSSR count). The highest BCUT2D eigenvalue weighted by Gasteiger charge is 2.57. The summed E-state index contributed by atoms with van der Waals surface area (Å²) >= 11 is 0. The van der Waals surface area contributed by atoms with Gasteiger partial charge in [-0.2, -0.15) is 0 Å². The molecule has 6 nitrogen and oxygen atoms in total. The summed E-state index contributed by atoms with van der Waals surface area (Å²) in [6.45, 7) is 9.69. The lowest BCUT2D eigenvalue weighted by atomic mass is 9.76. The largest absolute Gasteiger partial charge is 0.463 e. The topological polar surface area (TPSA) is 72.7 Å². The highest BCUT2D eigenvalue weighted by Crippen LogP contribution is 2.54. The second kappa shape index (κ2) is 6.55. The van der Waals surface area contributed by atoms with Crippen LogP contribution in [0.2, 0.25) is 0 Å². The first-order valence-corrected chi connectivity index (χ1v) is 9.79. The fraction of sp³-hybridized carbons (Fsp3) is 0.292. The van der Waals surface area contributed by atoms with Crippen LogP contribution >= 0.6 is 0 Å². The lowest BCUT2D eigenvalue weighted by Crippen LogP contribution is -2.58. The molecule has 0 bridgehead atoms. The normalized spacial score (nSPS) is 20.5. The number of Topliss-reactive ketones (excluding diaryl/α,β-unsaturated/α-hetero) is 1. The number of ketones is 1. The van der Waals surface area contributed by atoms with Gasteiger partial charge in [-0.05, 0) is 61.8 Å². The van der Waals surface area contributed by atoms with E-state index >= 15 is 0 Å². The molecule has 0 aliphatic carbocycles. The molecule has 0 saturated carbocycles. The molecule has 0 radical (unpaired) electrons. The van der Waals surface area contributed by atoms with Gasteiger partial charge in [-0.3, -0.25) is 14.9 Å². The Balaban J connectivity index is 1.75. The van der Waals surface area contributed by atoms with Crippen LogP contribution in [0, 0.1) is 10.1 Å². The van der Waals surface area contributed by atoms with E-state index in [1.807, 2.05) is 31.3 Å². The molecule has 154 valence electrons. The fourth-order valence-corrected chi connectivity index (χ4v) is 4.41. The van der Waals surface area contributed by atoms with Crippen molar-refractivity contribution in [2.24, 2.45) is 0 Å². The van der Waals surface area contributed by atoms with Crippen LogP contribution in [0.1, 0.15) is 37.5 Å². The molecule has 1 unspecified atom stereocenters.